The van der Waals surface area contributed by atoms with Gasteiger partial charge in [0.2, 0.25) is 0 Å². The standard InChI is InChI=1S/C13H16F3NS/c14-13(15,16)10-6-5-9(8-17)12(7-10)18-11-3-1-2-4-11/h5-7,11H,1-4,8,17H2. The minimum atomic E-state index is -4.28. The molecule has 1 nitrogen and oxygen atoms in total. The summed E-state index contributed by atoms with van der Waals surface area (Å²) in [5.41, 5.74) is 5.81. The lowest BCUT2D eigenvalue weighted by molar-refractivity contribution is -0.137. The molecule has 0 saturated heterocycles. The number of hydrogen-bond donors (Lipinski definition) is 1. The minimum Gasteiger partial charge on any atom is -0.326 e. The maximum absolute atomic E-state index is 12.7. The molecule has 0 bridgehead atoms. The zero-order valence-electron chi connectivity index (χ0n) is 9.96. The highest BCUT2D eigenvalue weighted by atomic mass is 32.2. The van der Waals surface area contributed by atoms with Crippen molar-refractivity contribution in [3.05, 3.63) is 29.3 Å². The molecular formula is C13H16F3NS. The van der Waals surface area contributed by atoms with Crippen molar-refractivity contribution in [2.45, 2.75) is 48.5 Å². The van der Waals surface area contributed by atoms with Gasteiger partial charge in [0.1, 0.15) is 0 Å². The third-order valence-electron chi connectivity index (χ3n) is 3.21. The molecule has 0 unspecified atom stereocenters. The summed E-state index contributed by atoms with van der Waals surface area (Å²) in [6.07, 6.45) is 0.247. The molecule has 0 amide bonds. The average molecular weight is 275 g/mol. The smallest absolute Gasteiger partial charge is 0.326 e. The number of thioether (sulfide) groups is 1. The number of rotatable bonds is 3. The van der Waals surface area contributed by atoms with E-state index >= 15 is 0 Å². The van der Waals surface area contributed by atoms with Gasteiger partial charge < -0.3 is 5.73 Å². The van der Waals surface area contributed by atoms with Gasteiger partial charge in [-0.15, -0.1) is 11.8 Å². The first-order valence-electron chi connectivity index (χ1n) is 6.07. The topological polar surface area (TPSA) is 26.0 Å². The molecule has 0 spiro atoms. The van der Waals surface area contributed by atoms with Crippen molar-refractivity contribution in [3.63, 3.8) is 0 Å². The van der Waals surface area contributed by atoms with Crippen molar-refractivity contribution in [3.8, 4) is 0 Å². The molecule has 2 N–H and O–H groups in total. The molecule has 1 aliphatic rings. The van der Waals surface area contributed by atoms with Gasteiger partial charge in [0, 0.05) is 16.7 Å². The molecule has 5 heteroatoms. The van der Waals surface area contributed by atoms with Crippen molar-refractivity contribution in [1.82, 2.24) is 0 Å². The molecule has 0 aromatic heterocycles. The Hall–Kier alpha value is -0.680. The van der Waals surface area contributed by atoms with Gasteiger partial charge in [-0.3, -0.25) is 0 Å². The van der Waals surface area contributed by atoms with Gasteiger partial charge in [-0.1, -0.05) is 18.9 Å². The van der Waals surface area contributed by atoms with E-state index in [2.05, 4.69) is 0 Å². The third kappa shape index (κ3) is 3.20. The van der Waals surface area contributed by atoms with Gasteiger partial charge in [-0.25, -0.2) is 0 Å². The van der Waals surface area contributed by atoms with E-state index in [9.17, 15) is 13.2 Å². The highest BCUT2D eigenvalue weighted by Gasteiger charge is 2.31. The second-order valence-electron chi connectivity index (χ2n) is 4.55. The van der Waals surface area contributed by atoms with E-state index in [4.69, 9.17) is 5.73 Å². The van der Waals surface area contributed by atoms with E-state index in [0.717, 1.165) is 24.5 Å². The summed E-state index contributed by atoms with van der Waals surface area (Å²) in [4.78, 5) is 0.694. The normalized spacial score (nSPS) is 17.3. The Labute approximate surface area is 109 Å². The SMILES string of the molecule is NCc1ccc(C(F)(F)F)cc1SC1CCCC1. The fourth-order valence-corrected chi connectivity index (χ4v) is 3.62. The van der Waals surface area contributed by atoms with Crippen LogP contribution in [0.3, 0.4) is 0 Å². The molecule has 0 heterocycles. The van der Waals surface area contributed by atoms with Crippen LogP contribution in [0.15, 0.2) is 23.1 Å². The lowest BCUT2D eigenvalue weighted by atomic mass is 10.1. The monoisotopic (exact) mass is 275 g/mol. The third-order valence-corrected chi connectivity index (χ3v) is 4.65. The summed E-state index contributed by atoms with van der Waals surface area (Å²) in [6, 6.07) is 3.85. The lowest BCUT2D eigenvalue weighted by Gasteiger charge is -2.15. The number of nitrogens with two attached hydrogens (primary N) is 1. The summed E-state index contributed by atoms with van der Waals surface area (Å²) in [6.45, 7) is 0.285. The Morgan fingerprint density at radius 3 is 2.44 bits per heavy atom. The van der Waals surface area contributed by atoms with Crippen LogP contribution in [0.4, 0.5) is 13.2 Å². The first-order chi connectivity index (χ1) is 8.50. The van der Waals surface area contributed by atoms with Gasteiger partial charge in [-0.05, 0) is 30.5 Å². The van der Waals surface area contributed by atoms with Crippen molar-refractivity contribution >= 4 is 11.8 Å². The second kappa shape index (κ2) is 5.53. The largest absolute Gasteiger partial charge is 0.416 e. The van der Waals surface area contributed by atoms with Crippen molar-refractivity contribution in [1.29, 1.82) is 0 Å². The summed E-state index contributed by atoms with van der Waals surface area (Å²) >= 11 is 1.55. The van der Waals surface area contributed by atoms with Crippen LogP contribution in [-0.4, -0.2) is 5.25 Å². The average Bonchev–Trinajstić information content (AvgIpc) is 2.80. The quantitative estimate of drug-likeness (QED) is 0.894. The molecule has 0 aliphatic heterocycles. The van der Waals surface area contributed by atoms with Crippen molar-refractivity contribution in [2.75, 3.05) is 0 Å². The fraction of sp³-hybridized carbons (Fsp3) is 0.538. The van der Waals surface area contributed by atoms with E-state index in [0.29, 0.717) is 10.1 Å². The van der Waals surface area contributed by atoms with E-state index in [1.807, 2.05) is 0 Å². The molecule has 1 aromatic carbocycles. The molecular weight excluding hydrogens is 259 g/mol. The summed E-state index contributed by atoms with van der Waals surface area (Å²) in [7, 11) is 0. The van der Waals surface area contributed by atoms with Gasteiger partial charge in [0.05, 0.1) is 5.56 Å². The zero-order chi connectivity index (χ0) is 13.2. The van der Waals surface area contributed by atoms with Gasteiger partial charge in [0.25, 0.3) is 0 Å². The number of benzene rings is 1. The lowest BCUT2D eigenvalue weighted by Crippen LogP contribution is -2.08. The van der Waals surface area contributed by atoms with Crippen LogP contribution in [0.2, 0.25) is 0 Å². The molecule has 1 aromatic rings. The number of alkyl halides is 3. The van der Waals surface area contributed by atoms with Crippen LogP contribution in [0.25, 0.3) is 0 Å². The number of halogens is 3. The fourth-order valence-electron chi connectivity index (χ4n) is 2.19. The molecule has 100 valence electrons. The maximum Gasteiger partial charge on any atom is 0.416 e. The Morgan fingerprint density at radius 2 is 1.89 bits per heavy atom. The predicted octanol–water partition coefficient (Wildman–Crippen LogP) is 4.20. The molecule has 0 radical (unpaired) electrons. The highest BCUT2D eigenvalue weighted by Crippen LogP contribution is 2.39. The summed E-state index contributed by atoms with van der Waals surface area (Å²) < 4.78 is 38.0. The van der Waals surface area contributed by atoms with E-state index in [1.165, 1.54) is 25.0 Å². The van der Waals surface area contributed by atoms with E-state index in [-0.39, 0.29) is 6.54 Å². The van der Waals surface area contributed by atoms with Crippen molar-refractivity contribution < 1.29 is 13.2 Å². The van der Waals surface area contributed by atoms with Crippen LogP contribution < -0.4 is 5.73 Å². The Bertz CT molecular complexity index is 411. The van der Waals surface area contributed by atoms with Gasteiger partial charge >= 0.3 is 6.18 Å². The highest BCUT2D eigenvalue weighted by molar-refractivity contribution is 8.00. The number of hydrogen-bond acceptors (Lipinski definition) is 2. The molecule has 18 heavy (non-hydrogen) atoms. The molecule has 1 aliphatic carbocycles. The summed E-state index contributed by atoms with van der Waals surface area (Å²) in [5.74, 6) is 0. The zero-order valence-corrected chi connectivity index (χ0v) is 10.8. The summed E-state index contributed by atoms with van der Waals surface area (Å²) in [5, 5.41) is 0.443. The van der Waals surface area contributed by atoms with Crippen LogP contribution in [0, 0.1) is 0 Å². The van der Waals surface area contributed by atoms with Gasteiger partial charge in [0.15, 0.2) is 0 Å². The minimum absolute atomic E-state index is 0.285. The first kappa shape index (κ1) is 13.7. The second-order valence-corrected chi connectivity index (χ2v) is 5.89. The Balaban J connectivity index is 2.24. The Morgan fingerprint density at radius 1 is 1.22 bits per heavy atom. The van der Waals surface area contributed by atoms with Crippen LogP contribution in [0.5, 0.6) is 0 Å². The van der Waals surface area contributed by atoms with Crippen LogP contribution in [0.1, 0.15) is 36.8 Å². The van der Waals surface area contributed by atoms with Crippen LogP contribution in [-0.2, 0) is 12.7 Å². The molecule has 1 saturated carbocycles. The van der Waals surface area contributed by atoms with E-state index in [1.54, 1.807) is 11.8 Å². The predicted molar refractivity (Wildman–Crippen MR) is 67.4 cm³/mol. The van der Waals surface area contributed by atoms with E-state index < -0.39 is 11.7 Å². The van der Waals surface area contributed by atoms with Gasteiger partial charge in [-0.2, -0.15) is 13.2 Å². The van der Waals surface area contributed by atoms with Crippen molar-refractivity contribution in [2.24, 2.45) is 5.73 Å². The molecule has 2 rings (SSSR count). The molecule has 0 atom stereocenters. The van der Waals surface area contributed by atoms with Crippen LogP contribution >= 0.6 is 11.8 Å². The molecule has 1 fully saturated rings. The first-order valence-corrected chi connectivity index (χ1v) is 6.95. The Kier molecular flexibility index (Phi) is 4.22. The maximum atomic E-state index is 12.7.